The number of hydrogen-bond donors (Lipinski definition) is 0. The molecule has 0 saturated heterocycles. The predicted molar refractivity (Wildman–Crippen MR) is 62.6 cm³/mol. The fourth-order valence-electron chi connectivity index (χ4n) is 1.77. The lowest BCUT2D eigenvalue weighted by Gasteiger charge is -2.05. The van der Waals surface area contributed by atoms with Gasteiger partial charge in [-0.15, -0.1) is 0 Å². The largest absolute Gasteiger partial charge is 0.472 e. The molecule has 82 valence electrons. The van der Waals surface area contributed by atoms with Crippen molar-refractivity contribution in [2.45, 2.75) is 19.8 Å². The van der Waals surface area contributed by atoms with Gasteiger partial charge < -0.3 is 4.42 Å². The van der Waals surface area contributed by atoms with Gasteiger partial charge in [0.15, 0.2) is 5.78 Å². The number of rotatable bonds is 4. The highest BCUT2D eigenvalue weighted by molar-refractivity contribution is 5.98. The highest BCUT2D eigenvalue weighted by Gasteiger charge is 2.10. The van der Waals surface area contributed by atoms with Crippen molar-refractivity contribution in [1.82, 2.24) is 0 Å². The van der Waals surface area contributed by atoms with Gasteiger partial charge in [0.25, 0.3) is 0 Å². The molecule has 2 nitrogen and oxygen atoms in total. The van der Waals surface area contributed by atoms with Crippen molar-refractivity contribution in [2.24, 2.45) is 0 Å². The average molecular weight is 214 g/mol. The van der Waals surface area contributed by atoms with Crippen LogP contribution in [0.25, 0.3) is 0 Å². The smallest absolute Gasteiger partial charge is 0.167 e. The Hall–Kier alpha value is -1.83. The van der Waals surface area contributed by atoms with Crippen LogP contribution >= 0.6 is 0 Å². The van der Waals surface area contributed by atoms with E-state index in [4.69, 9.17) is 4.42 Å². The molecule has 0 unspecified atom stereocenters. The van der Waals surface area contributed by atoms with Gasteiger partial charge in [0.1, 0.15) is 0 Å². The fraction of sp³-hybridized carbons (Fsp3) is 0.214. The predicted octanol–water partition coefficient (Wildman–Crippen LogP) is 3.27. The summed E-state index contributed by atoms with van der Waals surface area (Å²) < 4.78 is 4.96. The van der Waals surface area contributed by atoms with E-state index < -0.39 is 0 Å². The molecule has 0 aliphatic carbocycles. The number of Topliss-reactive ketones (excluding diaryl/α,β-unsaturated/α-hetero) is 1. The first-order valence-electron chi connectivity index (χ1n) is 5.43. The topological polar surface area (TPSA) is 30.2 Å². The van der Waals surface area contributed by atoms with Crippen LogP contribution in [-0.4, -0.2) is 5.78 Å². The normalized spacial score (nSPS) is 10.3. The molecular weight excluding hydrogens is 200 g/mol. The average Bonchev–Trinajstić information content (AvgIpc) is 2.81. The van der Waals surface area contributed by atoms with Gasteiger partial charge in [-0.3, -0.25) is 4.79 Å². The van der Waals surface area contributed by atoms with E-state index in [9.17, 15) is 4.79 Å². The number of carbonyl (C=O) groups excluding carboxylic acids is 1. The molecule has 0 atom stereocenters. The Bertz CT molecular complexity index is 469. The van der Waals surface area contributed by atoms with E-state index in [1.807, 2.05) is 30.3 Å². The van der Waals surface area contributed by atoms with Crippen LogP contribution in [0.5, 0.6) is 0 Å². The van der Waals surface area contributed by atoms with Crippen LogP contribution in [0.1, 0.15) is 28.4 Å². The van der Waals surface area contributed by atoms with Gasteiger partial charge in [-0.05, 0) is 23.6 Å². The second-order valence-electron chi connectivity index (χ2n) is 3.74. The first-order valence-corrected chi connectivity index (χ1v) is 5.43. The molecule has 0 aliphatic rings. The molecule has 1 aromatic heterocycles. The minimum atomic E-state index is 0.152. The zero-order valence-electron chi connectivity index (χ0n) is 9.27. The number of aryl methyl sites for hydroxylation is 1. The second-order valence-corrected chi connectivity index (χ2v) is 3.74. The van der Waals surface area contributed by atoms with Crippen molar-refractivity contribution in [3.05, 3.63) is 59.5 Å². The molecule has 2 aromatic rings. The van der Waals surface area contributed by atoms with Crippen LogP contribution in [0, 0.1) is 0 Å². The van der Waals surface area contributed by atoms with Gasteiger partial charge in [0.05, 0.1) is 12.5 Å². The van der Waals surface area contributed by atoms with Gasteiger partial charge in [0, 0.05) is 12.0 Å². The summed E-state index contributed by atoms with van der Waals surface area (Å²) in [6.45, 7) is 2.06. The molecule has 0 bridgehead atoms. The standard InChI is InChI=1S/C14H14O2/c1-2-12-5-3-4-6-13(12)14(15)9-11-7-8-16-10-11/h3-8,10H,2,9H2,1H3. The zero-order chi connectivity index (χ0) is 11.4. The third-order valence-corrected chi connectivity index (χ3v) is 2.64. The number of furan rings is 1. The summed E-state index contributed by atoms with van der Waals surface area (Å²) >= 11 is 0. The minimum Gasteiger partial charge on any atom is -0.472 e. The number of benzene rings is 1. The maximum Gasteiger partial charge on any atom is 0.167 e. The van der Waals surface area contributed by atoms with Crippen LogP contribution in [0.2, 0.25) is 0 Å². The number of carbonyl (C=O) groups is 1. The van der Waals surface area contributed by atoms with E-state index in [0.29, 0.717) is 6.42 Å². The molecule has 0 amide bonds. The van der Waals surface area contributed by atoms with Crippen LogP contribution in [0.3, 0.4) is 0 Å². The van der Waals surface area contributed by atoms with E-state index in [2.05, 4.69) is 6.92 Å². The Balaban J connectivity index is 2.21. The van der Waals surface area contributed by atoms with Crippen molar-refractivity contribution in [3.8, 4) is 0 Å². The van der Waals surface area contributed by atoms with Crippen molar-refractivity contribution in [2.75, 3.05) is 0 Å². The van der Waals surface area contributed by atoms with Gasteiger partial charge in [-0.1, -0.05) is 31.2 Å². The van der Waals surface area contributed by atoms with E-state index in [-0.39, 0.29) is 5.78 Å². The van der Waals surface area contributed by atoms with Crippen molar-refractivity contribution in [3.63, 3.8) is 0 Å². The number of ketones is 1. The molecule has 0 fully saturated rings. The Kier molecular flexibility index (Phi) is 3.20. The quantitative estimate of drug-likeness (QED) is 0.731. The summed E-state index contributed by atoms with van der Waals surface area (Å²) in [4.78, 5) is 12.1. The van der Waals surface area contributed by atoms with Gasteiger partial charge >= 0.3 is 0 Å². The van der Waals surface area contributed by atoms with Crippen LogP contribution in [-0.2, 0) is 12.8 Å². The lowest BCUT2D eigenvalue weighted by molar-refractivity contribution is 0.0992. The fourth-order valence-corrected chi connectivity index (χ4v) is 1.77. The Morgan fingerprint density at radius 3 is 2.75 bits per heavy atom. The highest BCUT2D eigenvalue weighted by atomic mass is 16.3. The Morgan fingerprint density at radius 2 is 2.06 bits per heavy atom. The van der Waals surface area contributed by atoms with Gasteiger partial charge in [-0.25, -0.2) is 0 Å². The maximum atomic E-state index is 12.1. The van der Waals surface area contributed by atoms with E-state index in [1.54, 1.807) is 12.5 Å². The molecule has 2 heteroatoms. The summed E-state index contributed by atoms with van der Waals surface area (Å²) in [5.41, 5.74) is 2.86. The monoisotopic (exact) mass is 214 g/mol. The van der Waals surface area contributed by atoms with E-state index >= 15 is 0 Å². The lowest BCUT2D eigenvalue weighted by atomic mass is 9.98. The zero-order valence-corrected chi connectivity index (χ0v) is 9.27. The van der Waals surface area contributed by atoms with Gasteiger partial charge in [-0.2, -0.15) is 0 Å². The minimum absolute atomic E-state index is 0.152. The molecule has 16 heavy (non-hydrogen) atoms. The number of hydrogen-bond acceptors (Lipinski definition) is 2. The van der Waals surface area contributed by atoms with E-state index in [0.717, 1.165) is 23.1 Å². The van der Waals surface area contributed by atoms with Crippen LogP contribution in [0.4, 0.5) is 0 Å². The van der Waals surface area contributed by atoms with Crippen LogP contribution in [0.15, 0.2) is 47.3 Å². The third-order valence-electron chi connectivity index (χ3n) is 2.64. The Labute approximate surface area is 94.9 Å². The van der Waals surface area contributed by atoms with Crippen molar-refractivity contribution in [1.29, 1.82) is 0 Å². The lowest BCUT2D eigenvalue weighted by Crippen LogP contribution is -2.06. The summed E-state index contributed by atoms with van der Waals surface area (Å²) in [6.07, 6.45) is 4.50. The molecule has 0 aliphatic heterocycles. The SMILES string of the molecule is CCc1ccccc1C(=O)Cc1ccoc1. The molecular formula is C14H14O2. The summed E-state index contributed by atoms with van der Waals surface area (Å²) in [7, 11) is 0. The first-order chi connectivity index (χ1) is 7.81. The summed E-state index contributed by atoms with van der Waals surface area (Å²) in [6, 6.07) is 9.59. The molecule has 1 aromatic carbocycles. The van der Waals surface area contributed by atoms with E-state index in [1.165, 1.54) is 0 Å². The first kappa shape index (κ1) is 10.7. The molecule has 0 radical (unpaired) electrons. The molecule has 0 N–H and O–H groups in total. The maximum absolute atomic E-state index is 12.1. The molecule has 2 rings (SSSR count). The van der Waals surface area contributed by atoms with Crippen molar-refractivity contribution >= 4 is 5.78 Å². The molecule has 0 spiro atoms. The molecule has 0 saturated carbocycles. The Morgan fingerprint density at radius 1 is 1.25 bits per heavy atom. The third kappa shape index (κ3) is 2.22. The highest BCUT2D eigenvalue weighted by Crippen LogP contribution is 2.13. The van der Waals surface area contributed by atoms with Crippen LogP contribution < -0.4 is 0 Å². The summed E-state index contributed by atoms with van der Waals surface area (Å²) in [5.74, 6) is 0.152. The summed E-state index contributed by atoms with van der Waals surface area (Å²) in [5, 5.41) is 0. The van der Waals surface area contributed by atoms with Gasteiger partial charge in [0.2, 0.25) is 0 Å². The van der Waals surface area contributed by atoms with Crippen molar-refractivity contribution < 1.29 is 9.21 Å². The molecule has 1 heterocycles. The second kappa shape index (κ2) is 4.79.